The first kappa shape index (κ1) is 15.7. The summed E-state index contributed by atoms with van der Waals surface area (Å²) >= 11 is 0. The molecule has 1 aromatic carbocycles. The molecule has 0 spiro atoms. The Balaban J connectivity index is 2.42. The molecule has 0 aliphatic rings. The molecule has 0 heterocycles. The van der Waals surface area contributed by atoms with E-state index in [-0.39, 0.29) is 11.9 Å². The molecule has 1 N–H and O–H groups in total. The molecule has 0 bridgehead atoms. The van der Waals surface area contributed by atoms with Crippen LogP contribution in [-0.2, 0) is 16.1 Å². The van der Waals surface area contributed by atoms with Gasteiger partial charge in [-0.25, -0.2) is 0 Å². The number of benzene rings is 1. The van der Waals surface area contributed by atoms with Gasteiger partial charge in [0.15, 0.2) is 0 Å². The van der Waals surface area contributed by atoms with Gasteiger partial charge in [0.05, 0.1) is 13.0 Å². The van der Waals surface area contributed by atoms with E-state index in [2.05, 4.69) is 43.4 Å². The van der Waals surface area contributed by atoms with Gasteiger partial charge >= 0.3 is 5.97 Å². The Morgan fingerprint density at radius 2 is 1.89 bits per heavy atom. The standard InChI is InChI=1S/C16H25NO2/c1-5-14(16(18)19-4)11-17-10-13-6-8-15(9-7-13)12(2)3/h6-9,12,14,17H,5,10-11H2,1-4H3. The van der Waals surface area contributed by atoms with E-state index in [1.54, 1.807) is 0 Å². The Morgan fingerprint density at radius 1 is 1.26 bits per heavy atom. The molecule has 0 saturated heterocycles. The number of ether oxygens (including phenoxy) is 1. The summed E-state index contributed by atoms with van der Waals surface area (Å²) in [5.41, 5.74) is 2.59. The van der Waals surface area contributed by atoms with Crippen molar-refractivity contribution in [2.45, 2.75) is 39.7 Å². The van der Waals surface area contributed by atoms with Gasteiger partial charge in [-0.3, -0.25) is 4.79 Å². The summed E-state index contributed by atoms with van der Waals surface area (Å²) in [6.45, 7) is 7.83. The van der Waals surface area contributed by atoms with Gasteiger partial charge in [-0.05, 0) is 23.5 Å². The molecule has 0 aliphatic carbocycles. The first-order valence-electron chi connectivity index (χ1n) is 6.95. The van der Waals surface area contributed by atoms with Gasteiger partial charge < -0.3 is 10.1 Å². The molecule has 106 valence electrons. The summed E-state index contributed by atoms with van der Waals surface area (Å²) in [6, 6.07) is 8.61. The van der Waals surface area contributed by atoms with E-state index in [0.717, 1.165) is 13.0 Å². The van der Waals surface area contributed by atoms with Gasteiger partial charge in [-0.1, -0.05) is 45.0 Å². The maximum atomic E-state index is 11.4. The highest BCUT2D eigenvalue weighted by Crippen LogP contribution is 2.14. The van der Waals surface area contributed by atoms with E-state index in [1.165, 1.54) is 18.2 Å². The zero-order chi connectivity index (χ0) is 14.3. The number of rotatable bonds is 7. The first-order valence-corrected chi connectivity index (χ1v) is 6.95. The highest BCUT2D eigenvalue weighted by atomic mass is 16.5. The number of carbonyl (C=O) groups excluding carboxylic acids is 1. The summed E-state index contributed by atoms with van der Waals surface area (Å²) < 4.78 is 4.77. The summed E-state index contributed by atoms with van der Waals surface area (Å²) in [7, 11) is 1.44. The monoisotopic (exact) mass is 263 g/mol. The van der Waals surface area contributed by atoms with Crippen molar-refractivity contribution in [2.24, 2.45) is 5.92 Å². The molecule has 1 atom stereocenters. The van der Waals surface area contributed by atoms with Gasteiger partial charge in [0.25, 0.3) is 0 Å². The lowest BCUT2D eigenvalue weighted by atomic mass is 10.0. The molecule has 0 saturated carbocycles. The molecule has 19 heavy (non-hydrogen) atoms. The zero-order valence-corrected chi connectivity index (χ0v) is 12.4. The van der Waals surface area contributed by atoms with Gasteiger partial charge in [-0.2, -0.15) is 0 Å². The number of nitrogens with one attached hydrogen (secondary N) is 1. The Kier molecular flexibility index (Phi) is 6.57. The van der Waals surface area contributed by atoms with Crippen LogP contribution in [0.3, 0.4) is 0 Å². The molecule has 1 aromatic rings. The normalized spacial score (nSPS) is 12.5. The number of esters is 1. The van der Waals surface area contributed by atoms with Crippen LogP contribution in [0.5, 0.6) is 0 Å². The second-order valence-corrected chi connectivity index (χ2v) is 5.16. The fourth-order valence-electron chi connectivity index (χ4n) is 1.97. The molecular formula is C16H25NO2. The second kappa shape index (κ2) is 7.95. The molecule has 0 radical (unpaired) electrons. The lowest BCUT2D eigenvalue weighted by molar-refractivity contribution is -0.145. The maximum absolute atomic E-state index is 11.4. The van der Waals surface area contributed by atoms with Crippen LogP contribution in [0.25, 0.3) is 0 Å². The summed E-state index contributed by atoms with van der Waals surface area (Å²) in [5.74, 6) is 0.371. The van der Waals surface area contributed by atoms with Gasteiger partial charge in [0.2, 0.25) is 0 Å². The van der Waals surface area contributed by atoms with E-state index in [4.69, 9.17) is 4.74 Å². The SMILES string of the molecule is CCC(CNCc1ccc(C(C)C)cc1)C(=O)OC. The van der Waals surface area contributed by atoms with Crippen LogP contribution in [0, 0.1) is 5.92 Å². The number of hydrogen-bond acceptors (Lipinski definition) is 3. The molecule has 1 rings (SSSR count). The van der Waals surface area contributed by atoms with Crippen molar-refractivity contribution in [1.82, 2.24) is 5.32 Å². The molecule has 0 amide bonds. The number of hydrogen-bond donors (Lipinski definition) is 1. The van der Waals surface area contributed by atoms with Crippen molar-refractivity contribution in [1.29, 1.82) is 0 Å². The summed E-state index contributed by atoms with van der Waals surface area (Å²) in [6.07, 6.45) is 0.798. The van der Waals surface area contributed by atoms with Crippen LogP contribution in [0.1, 0.15) is 44.2 Å². The van der Waals surface area contributed by atoms with E-state index in [9.17, 15) is 4.79 Å². The van der Waals surface area contributed by atoms with E-state index < -0.39 is 0 Å². The van der Waals surface area contributed by atoms with E-state index >= 15 is 0 Å². The number of carbonyl (C=O) groups is 1. The third-order valence-electron chi connectivity index (χ3n) is 3.39. The predicted octanol–water partition coefficient (Wildman–Crippen LogP) is 3.10. The quantitative estimate of drug-likeness (QED) is 0.768. The fraction of sp³-hybridized carbons (Fsp3) is 0.562. The minimum absolute atomic E-state index is 0.0556. The minimum Gasteiger partial charge on any atom is -0.469 e. The Labute approximate surface area is 116 Å². The summed E-state index contributed by atoms with van der Waals surface area (Å²) in [5, 5.41) is 3.32. The topological polar surface area (TPSA) is 38.3 Å². The minimum atomic E-state index is -0.134. The van der Waals surface area contributed by atoms with Crippen LogP contribution in [0.2, 0.25) is 0 Å². The average Bonchev–Trinajstić information content (AvgIpc) is 2.43. The van der Waals surface area contributed by atoms with Crippen molar-refractivity contribution in [3.63, 3.8) is 0 Å². The van der Waals surface area contributed by atoms with Crippen LogP contribution >= 0.6 is 0 Å². The van der Waals surface area contributed by atoms with Crippen LogP contribution < -0.4 is 5.32 Å². The number of methoxy groups -OCH3 is 1. The fourth-order valence-corrected chi connectivity index (χ4v) is 1.97. The molecule has 1 unspecified atom stereocenters. The van der Waals surface area contributed by atoms with Crippen molar-refractivity contribution < 1.29 is 9.53 Å². The Bertz CT molecular complexity index is 384. The average molecular weight is 263 g/mol. The van der Waals surface area contributed by atoms with Crippen LogP contribution in [0.15, 0.2) is 24.3 Å². The third-order valence-corrected chi connectivity index (χ3v) is 3.39. The molecule has 3 nitrogen and oxygen atoms in total. The van der Waals surface area contributed by atoms with Crippen molar-refractivity contribution in [3.8, 4) is 0 Å². The lowest BCUT2D eigenvalue weighted by Gasteiger charge is -2.13. The lowest BCUT2D eigenvalue weighted by Crippen LogP contribution is -2.28. The van der Waals surface area contributed by atoms with Gasteiger partial charge in [-0.15, -0.1) is 0 Å². The first-order chi connectivity index (χ1) is 9.08. The van der Waals surface area contributed by atoms with E-state index in [0.29, 0.717) is 12.5 Å². The van der Waals surface area contributed by atoms with Crippen LogP contribution in [0.4, 0.5) is 0 Å². The molecular weight excluding hydrogens is 238 g/mol. The van der Waals surface area contributed by atoms with E-state index in [1.807, 2.05) is 6.92 Å². The Hall–Kier alpha value is -1.35. The van der Waals surface area contributed by atoms with Crippen LogP contribution in [-0.4, -0.2) is 19.6 Å². The smallest absolute Gasteiger partial charge is 0.309 e. The van der Waals surface area contributed by atoms with Crippen molar-refractivity contribution >= 4 is 5.97 Å². The second-order valence-electron chi connectivity index (χ2n) is 5.16. The van der Waals surface area contributed by atoms with Crippen molar-refractivity contribution in [2.75, 3.05) is 13.7 Å². The largest absolute Gasteiger partial charge is 0.469 e. The van der Waals surface area contributed by atoms with Crippen molar-refractivity contribution in [3.05, 3.63) is 35.4 Å². The third kappa shape index (κ3) is 5.03. The molecule has 0 aromatic heterocycles. The van der Waals surface area contributed by atoms with Gasteiger partial charge in [0, 0.05) is 13.1 Å². The van der Waals surface area contributed by atoms with Gasteiger partial charge in [0.1, 0.15) is 0 Å². The Morgan fingerprint density at radius 3 is 2.37 bits per heavy atom. The molecule has 3 heteroatoms. The summed E-state index contributed by atoms with van der Waals surface area (Å²) in [4.78, 5) is 11.4. The maximum Gasteiger partial charge on any atom is 0.309 e. The molecule has 0 fully saturated rings. The zero-order valence-electron chi connectivity index (χ0n) is 12.4. The predicted molar refractivity (Wildman–Crippen MR) is 78.0 cm³/mol. The highest BCUT2D eigenvalue weighted by molar-refractivity contribution is 5.72. The molecule has 0 aliphatic heterocycles. The highest BCUT2D eigenvalue weighted by Gasteiger charge is 2.15.